The number of nitrogens with two attached hydrogens (primary N) is 1. The van der Waals surface area contributed by atoms with E-state index >= 15 is 0 Å². The van der Waals surface area contributed by atoms with Gasteiger partial charge in [0.05, 0.1) is 6.04 Å². The molecule has 0 saturated carbocycles. The average molecular weight is 241 g/mol. The monoisotopic (exact) mass is 241 g/mol. The molecule has 0 aliphatic carbocycles. The number of nitrogens with one attached hydrogen (secondary N) is 1. The molecule has 3 unspecified atom stereocenters. The summed E-state index contributed by atoms with van der Waals surface area (Å²) < 4.78 is 0. The van der Waals surface area contributed by atoms with Crippen LogP contribution >= 0.6 is 0 Å². The molecule has 0 aromatic carbocycles. The first-order valence-electron chi connectivity index (χ1n) is 6.69. The molecule has 3 N–H and O–H groups in total. The van der Waals surface area contributed by atoms with E-state index in [1.54, 1.807) is 0 Å². The van der Waals surface area contributed by atoms with Crippen molar-refractivity contribution < 1.29 is 4.79 Å². The standard InChI is InChI=1S/C13H27N3O/c1-9(2)15-12(13(14)17)8-16-7-10(3)5-6-11(16)4/h9-12,15H,5-8H2,1-4H3,(H2,14,17). The Morgan fingerprint density at radius 1 is 1.41 bits per heavy atom. The topological polar surface area (TPSA) is 58.4 Å². The molecule has 1 rings (SSSR count). The fourth-order valence-corrected chi connectivity index (χ4v) is 2.50. The smallest absolute Gasteiger partial charge is 0.235 e. The lowest BCUT2D eigenvalue weighted by Crippen LogP contribution is -2.54. The number of carbonyl (C=O) groups is 1. The lowest BCUT2D eigenvalue weighted by molar-refractivity contribution is -0.121. The number of primary amides is 1. The first kappa shape index (κ1) is 14.5. The molecular formula is C13H27N3O. The van der Waals surface area contributed by atoms with Crippen molar-refractivity contribution in [3.05, 3.63) is 0 Å². The Bertz CT molecular complexity index is 255. The summed E-state index contributed by atoms with van der Waals surface area (Å²) in [5, 5.41) is 3.25. The van der Waals surface area contributed by atoms with Crippen LogP contribution in [0.1, 0.15) is 40.5 Å². The summed E-state index contributed by atoms with van der Waals surface area (Å²) in [6, 6.07) is 0.606. The number of carbonyl (C=O) groups excluding carboxylic acids is 1. The highest BCUT2D eigenvalue weighted by molar-refractivity contribution is 5.80. The Hall–Kier alpha value is -0.610. The number of hydrogen-bond donors (Lipinski definition) is 2. The van der Waals surface area contributed by atoms with E-state index in [1.807, 2.05) is 13.8 Å². The lowest BCUT2D eigenvalue weighted by atomic mass is 9.94. The molecule has 1 heterocycles. The van der Waals surface area contributed by atoms with E-state index in [0.29, 0.717) is 6.04 Å². The molecule has 0 radical (unpaired) electrons. The van der Waals surface area contributed by atoms with Gasteiger partial charge in [0.15, 0.2) is 0 Å². The van der Waals surface area contributed by atoms with Crippen LogP contribution in [0, 0.1) is 5.92 Å². The summed E-state index contributed by atoms with van der Waals surface area (Å²) in [4.78, 5) is 13.8. The van der Waals surface area contributed by atoms with Gasteiger partial charge in [0.2, 0.25) is 5.91 Å². The Morgan fingerprint density at radius 3 is 2.59 bits per heavy atom. The summed E-state index contributed by atoms with van der Waals surface area (Å²) in [5.41, 5.74) is 5.45. The van der Waals surface area contributed by atoms with Crippen molar-refractivity contribution >= 4 is 5.91 Å². The van der Waals surface area contributed by atoms with Gasteiger partial charge in [-0.15, -0.1) is 0 Å². The van der Waals surface area contributed by atoms with E-state index in [-0.39, 0.29) is 18.0 Å². The minimum Gasteiger partial charge on any atom is -0.368 e. The number of hydrogen-bond acceptors (Lipinski definition) is 3. The minimum absolute atomic E-state index is 0.234. The Labute approximate surface area is 105 Å². The van der Waals surface area contributed by atoms with Crippen molar-refractivity contribution in [3.8, 4) is 0 Å². The van der Waals surface area contributed by atoms with Crippen LogP contribution < -0.4 is 11.1 Å². The van der Waals surface area contributed by atoms with Crippen molar-refractivity contribution in [2.24, 2.45) is 11.7 Å². The molecule has 1 amide bonds. The van der Waals surface area contributed by atoms with Crippen molar-refractivity contribution in [2.45, 2.75) is 58.7 Å². The molecule has 0 aromatic rings. The van der Waals surface area contributed by atoms with Crippen LogP contribution in [0.25, 0.3) is 0 Å². The maximum Gasteiger partial charge on any atom is 0.235 e. The second kappa shape index (κ2) is 6.36. The van der Waals surface area contributed by atoms with Gasteiger partial charge >= 0.3 is 0 Å². The van der Waals surface area contributed by atoms with Gasteiger partial charge in [-0.3, -0.25) is 9.69 Å². The second-order valence-electron chi connectivity index (χ2n) is 5.76. The van der Waals surface area contributed by atoms with Crippen LogP contribution in [0.2, 0.25) is 0 Å². The van der Waals surface area contributed by atoms with Gasteiger partial charge in [0, 0.05) is 25.2 Å². The summed E-state index contributed by atoms with van der Waals surface area (Å²) in [6.45, 7) is 10.4. The highest BCUT2D eigenvalue weighted by atomic mass is 16.1. The molecule has 17 heavy (non-hydrogen) atoms. The molecule has 1 aliphatic heterocycles. The first-order valence-corrected chi connectivity index (χ1v) is 6.69. The van der Waals surface area contributed by atoms with E-state index < -0.39 is 0 Å². The van der Waals surface area contributed by atoms with Gasteiger partial charge in [-0.25, -0.2) is 0 Å². The van der Waals surface area contributed by atoms with Gasteiger partial charge in [-0.1, -0.05) is 20.8 Å². The van der Waals surface area contributed by atoms with Gasteiger partial charge in [0.25, 0.3) is 0 Å². The predicted molar refractivity (Wildman–Crippen MR) is 70.7 cm³/mol. The molecule has 3 atom stereocenters. The Kier molecular flexibility index (Phi) is 5.40. The van der Waals surface area contributed by atoms with Crippen molar-refractivity contribution in [1.29, 1.82) is 0 Å². The molecule has 0 aromatic heterocycles. The summed E-state index contributed by atoms with van der Waals surface area (Å²) in [6.07, 6.45) is 2.50. The third-order valence-corrected chi connectivity index (χ3v) is 3.54. The molecule has 4 heteroatoms. The molecule has 0 spiro atoms. The second-order valence-corrected chi connectivity index (χ2v) is 5.76. The lowest BCUT2D eigenvalue weighted by Gasteiger charge is -2.38. The Morgan fingerprint density at radius 2 is 2.06 bits per heavy atom. The van der Waals surface area contributed by atoms with Crippen LogP contribution in [-0.2, 0) is 4.79 Å². The number of nitrogens with zero attached hydrogens (tertiary/aromatic N) is 1. The highest BCUT2D eigenvalue weighted by Gasteiger charge is 2.27. The predicted octanol–water partition coefficient (Wildman–Crippen LogP) is 0.959. The van der Waals surface area contributed by atoms with E-state index in [4.69, 9.17) is 5.73 Å². The third-order valence-electron chi connectivity index (χ3n) is 3.54. The van der Waals surface area contributed by atoms with Crippen LogP contribution in [0.5, 0.6) is 0 Å². The normalized spacial score (nSPS) is 28.3. The quantitative estimate of drug-likeness (QED) is 0.754. The van der Waals surface area contributed by atoms with Crippen LogP contribution in [0.15, 0.2) is 0 Å². The SMILES string of the molecule is CC1CCC(C)N(CC(NC(C)C)C(N)=O)C1. The largest absolute Gasteiger partial charge is 0.368 e. The number of likely N-dealkylation sites (tertiary alicyclic amines) is 1. The van der Waals surface area contributed by atoms with E-state index in [2.05, 4.69) is 24.1 Å². The van der Waals surface area contributed by atoms with Crippen molar-refractivity contribution in [2.75, 3.05) is 13.1 Å². The number of rotatable bonds is 5. The molecular weight excluding hydrogens is 214 g/mol. The van der Waals surface area contributed by atoms with E-state index in [9.17, 15) is 4.79 Å². The van der Waals surface area contributed by atoms with Crippen LogP contribution in [0.3, 0.4) is 0 Å². The fourth-order valence-electron chi connectivity index (χ4n) is 2.50. The molecule has 1 aliphatic rings. The molecule has 0 bridgehead atoms. The molecule has 100 valence electrons. The summed E-state index contributed by atoms with van der Waals surface area (Å²) in [7, 11) is 0. The zero-order valence-electron chi connectivity index (χ0n) is 11.6. The zero-order valence-corrected chi connectivity index (χ0v) is 11.6. The van der Waals surface area contributed by atoms with Gasteiger partial charge < -0.3 is 11.1 Å². The van der Waals surface area contributed by atoms with E-state index in [0.717, 1.165) is 19.0 Å². The fraction of sp³-hybridized carbons (Fsp3) is 0.923. The van der Waals surface area contributed by atoms with Gasteiger partial charge in [-0.2, -0.15) is 0 Å². The third kappa shape index (κ3) is 4.64. The van der Waals surface area contributed by atoms with Crippen molar-refractivity contribution in [1.82, 2.24) is 10.2 Å². The van der Waals surface area contributed by atoms with Crippen LogP contribution in [-0.4, -0.2) is 42.0 Å². The Balaban J connectivity index is 2.55. The minimum atomic E-state index is -0.246. The van der Waals surface area contributed by atoms with Crippen molar-refractivity contribution in [3.63, 3.8) is 0 Å². The van der Waals surface area contributed by atoms with E-state index in [1.165, 1.54) is 12.8 Å². The van der Waals surface area contributed by atoms with Crippen LogP contribution in [0.4, 0.5) is 0 Å². The summed E-state index contributed by atoms with van der Waals surface area (Å²) >= 11 is 0. The number of amides is 1. The van der Waals surface area contributed by atoms with Gasteiger partial charge in [-0.05, 0) is 25.7 Å². The maximum atomic E-state index is 11.4. The number of piperidine rings is 1. The van der Waals surface area contributed by atoms with Gasteiger partial charge in [0.1, 0.15) is 0 Å². The summed E-state index contributed by atoms with van der Waals surface area (Å²) in [5.74, 6) is 0.475. The molecule has 1 fully saturated rings. The first-order chi connectivity index (χ1) is 7.90. The molecule has 1 saturated heterocycles. The maximum absolute atomic E-state index is 11.4. The average Bonchev–Trinajstić information content (AvgIpc) is 2.21. The highest BCUT2D eigenvalue weighted by Crippen LogP contribution is 2.21. The zero-order chi connectivity index (χ0) is 13.0. The molecule has 4 nitrogen and oxygen atoms in total.